The molecule has 0 unspecified atom stereocenters. The van der Waals surface area contributed by atoms with Crippen molar-refractivity contribution in [2.75, 3.05) is 33.9 Å². The molecular weight excluding hydrogens is 299 g/mol. The van der Waals surface area contributed by atoms with Crippen molar-refractivity contribution in [2.45, 2.75) is 12.8 Å². The van der Waals surface area contributed by atoms with E-state index in [9.17, 15) is 0 Å². The van der Waals surface area contributed by atoms with Crippen LogP contribution in [0.4, 0.5) is 0 Å². The molecule has 0 atom stereocenters. The van der Waals surface area contributed by atoms with Crippen molar-refractivity contribution in [3.8, 4) is 5.75 Å². The Hall–Kier alpha value is -0.970. The number of likely N-dealkylation sites (N-methyl/N-ethyl adjacent to an activating group) is 1. The third-order valence-corrected chi connectivity index (χ3v) is 3.11. The molecule has 4 nitrogen and oxygen atoms in total. The number of benzene rings is 1. The van der Waals surface area contributed by atoms with Gasteiger partial charge in [0, 0.05) is 17.1 Å². The molecule has 1 heterocycles. The van der Waals surface area contributed by atoms with E-state index in [4.69, 9.17) is 21.2 Å². The number of fused-ring (bicyclic) bond motifs is 1. The zero-order valence-electron chi connectivity index (χ0n) is 11.8. The molecule has 1 aromatic carbocycles. The van der Waals surface area contributed by atoms with Gasteiger partial charge in [0.05, 0.1) is 12.3 Å². The first kappa shape index (κ1) is 17.1. The smallest absolute Gasteiger partial charge is 0.129 e. The minimum absolute atomic E-state index is 0. The monoisotopic (exact) mass is 318 g/mol. The fourth-order valence-electron chi connectivity index (χ4n) is 1.85. The molecule has 0 saturated heterocycles. The second-order valence-electron chi connectivity index (χ2n) is 4.77. The number of oxime groups is 1. The van der Waals surface area contributed by atoms with Crippen molar-refractivity contribution in [3.63, 3.8) is 0 Å². The summed E-state index contributed by atoms with van der Waals surface area (Å²) >= 11 is 6.04. The summed E-state index contributed by atoms with van der Waals surface area (Å²) in [6.07, 6.45) is 1.78. The normalized spacial score (nSPS) is 16.1. The summed E-state index contributed by atoms with van der Waals surface area (Å²) < 4.78 is 5.67. The van der Waals surface area contributed by atoms with Gasteiger partial charge in [-0.2, -0.15) is 0 Å². The average molecular weight is 319 g/mol. The Morgan fingerprint density at radius 3 is 2.95 bits per heavy atom. The van der Waals surface area contributed by atoms with Crippen LogP contribution >= 0.6 is 24.0 Å². The second kappa shape index (κ2) is 8.35. The quantitative estimate of drug-likeness (QED) is 0.631. The lowest BCUT2D eigenvalue weighted by Crippen LogP contribution is -2.17. The van der Waals surface area contributed by atoms with Crippen molar-refractivity contribution < 1.29 is 9.57 Å². The van der Waals surface area contributed by atoms with Crippen LogP contribution in [0.2, 0.25) is 5.02 Å². The maximum absolute atomic E-state index is 6.04. The van der Waals surface area contributed by atoms with Gasteiger partial charge < -0.3 is 14.5 Å². The van der Waals surface area contributed by atoms with Crippen LogP contribution in [-0.4, -0.2) is 44.5 Å². The van der Waals surface area contributed by atoms with E-state index in [1.54, 1.807) is 0 Å². The highest BCUT2D eigenvalue weighted by atomic mass is 35.5. The fraction of sp³-hybridized carbons (Fsp3) is 0.500. The van der Waals surface area contributed by atoms with Gasteiger partial charge in [-0.15, -0.1) is 12.4 Å². The predicted octanol–water partition coefficient (Wildman–Crippen LogP) is 3.22. The molecule has 0 fully saturated rings. The van der Waals surface area contributed by atoms with E-state index in [1.165, 1.54) is 0 Å². The summed E-state index contributed by atoms with van der Waals surface area (Å²) in [6.45, 7) is 2.12. The molecular formula is C14H20Cl2N2O2. The molecule has 112 valence electrons. The maximum Gasteiger partial charge on any atom is 0.129 e. The van der Waals surface area contributed by atoms with Gasteiger partial charge in [0.2, 0.25) is 0 Å². The van der Waals surface area contributed by atoms with E-state index in [0.29, 0.717) is 18.2 Å². The third kappa shape index (κ3) is 4.85. The van der Waals surface area contributed by atoms with Crippen molar-refractivity contribution in [3.05, 3.63) is 28.8 Å². The Morgan fingerprint density at radius 2 is 2.20 bits per heavy atom. The highest BCUT2D eigenvalue weighted by Gasteiger charge is 2.16. The van der Waals surface area contributed by atoms with Crippen LogP contribution in [0.5, 0.6) is 5.75 Å². The standard InChI is InChI=1S/C14H19ClN2O2.ClH/c1-17(2)7-9-19-16-13-4-3-8-18-14-6-5-11(15)10-12(13)14;/h5-6,10H,3-4,7-9H2,1-2H3;1H/b16-13-;. The van der Waals surface area contributed by atoms with Crippen LogP contribution in [0, 0.1) is 0 Å². The molecule has 0 aromatic heterocycles. The Bertz CT molecular complexity index is 464. The fourth-order valence-corrected chi connectivity index (χ4v) is 2.02. The highest BCUT2D eigenvalue weighted by Crippen LogP contribution is 2.27. The average Bonchev–Trinajstić information content (AvgIpc) is 2.57. The van der Waals surface area contributed by atoms with E-state index in [1.807, 2.05) is 32.3 Å². The molecule has 0 spiro atoms. The molecule has 1 aliphatic rings. The zero-order valence-corrected chi connectivity index (χ0v) is 13.3. The van der Waals surface area contributed by atoms with Gasteiger partial charge in [0.25, 0.3) is 0 Å². The lowest BCUT2D eigenvalue weighted by molar-refractivity contribution is 0.125. The molecule has 1 aliphatic heterocycles. The predicted molar refractivity (Wildman–Crippen MR) is 84.5 cm³/mol. The molecule has 0 bridgehead atoms. The summed E-state index contributed by atoms with van der Waals surface area (Å²) in [5.74, 6) is 0.830. The summed E-state index contributed by atoms with van der Waals surface area (Å²) in [4.78, 5) is 7.44. The molecule has 0 aliphatic carbocycles. The van der Waals surface area contributed by atoms with Gasteiger partial charge in [0.1, 0.15) is 12.4 Å². The van der Waals surface area contributed by atoms with Crippen LogP contribution in [0.15, 0.2) is 23.4 Å². The van der Waals surface area contributed by atoms with E-state index in [2.05, 4.69) is 10.1 Å². The minimum atomic E-state index is 0. The van der Waals surface area contributed by atoms with Crippen LogP contribution in [0.25, 0.3) is 0 Å². The Labute approximate surface area is 131 Å². The third-order valence-electron chi connectivity index (χ3n) is 2.87. The highest BCUT2D eigenvalue weighted by molar-refractivity contribution is 6.31. The first-order valence-electron chi connectivity index (χ1n) is 6.43. The number of ether oxygens (including phenoxy) is 1. The van der Waals surface area contributed by atoms with Crippen LogP contribution in [0.3, 0.4) is 0 Å². The number of hydrogen-bond acceptors (Lipinski definition) is 4. The summed E-state index contributed by atoms with van der Waals surface area (Å²) in [7, 11) is 4.01. The van der Waals surface area contributed by atoms with Crippen molar-refractivity contribution in [2.24, 2.45) is 5.16 Å². The van der Waals surface area contributed by atoms with Crippen LogP contribution in [-0.2, 0) is 4.84 Å². The van der Waals surface area contributed by atoms with Gasteiger partial charge in [-0.1, -0.05) is 16.8 Å². The largest absolute Gasteiger partial charge is 0.493 e. The SMILES string of the molecule is CN(C)CCO/N=C1/CCCOc2ccc(Cl)cc21.Cl. The van der Waals surface area contributed by atoms with E-state index >= 15 is 0 Å². The Kier molecular flexibility index (Phi) is 7.13. The zero-order chi connectivity index (χ0) is 13.7. The molecule has 0 radical (unpaired) electrons. The van der Waals surface area contributed by atoms with Gasteiger partial charge >= 0.3 is 0 Å². The van der Waals surface area contributed by atoms with Crippen molar-refractivity contribution >= 4 is 29.7 Å². The molecule has 0 saturated carbocycles. The molecule has 6 heteroatoms. The van der Waals surface area contributed by atoms with E-state index in [-0.39, 0.29) is 12.4 Å². The number of rotatable bonds is 4. The number of hydrogen-bond donors (Lipinski definition) is 0. The number of nitrogens with zero attached hydrogens (tertiary/aromatic N) is 2. The molecule has 0 N–H and O–H groups in total. The van der Waals surface area contributed by atoms with Gasteiger partial charge in [-0.05, 0) is 45.1 Å². The lowest BCUT2D eigenvalue weighted by atomic mass is 10.1. The van der Waals surface area contributed by atoms with Crippen LogP contribution < -0.4 is 4.74 Å². The van der Waals surface area contributed by atoms with Gasteiger partial charge in [0.15, 0.2) is 0 Å². The number of halogens is 2. The molecule has 0 amide bonds. The first-order chi connectivity index (χ1) is 9.16. The van der Waals surface area contributed by atoms with Crippen molar-refractivity contribution in [1.29, 1.82) is 0 Å². The molecule has 20 heavy (non-hydrogen) atoms. The Morgan fingerprint density at radius 1 is 1.40 bits per heavy atom. The first-order valence-corrected chi connectivity index (χ1v) is 6.81. The van der Waals surface area contributed by atoms with Crippen molar-refractivity contribution in [1.82, 2.24) is 4.90 Å². The molecule has 2 rings (SSSR count). The minimum Gasteiger partial charge on any atom is -0.493 e. The second-order valence-corrected chi connectivity index (χ2v) is 5.20. The molecule has 1 aromatic rings. The lowest BCUT2D eigenvalue weighted by Gasteiger charge is -2.10. The van der Waals surface area contributed by atoms with Gasteiger partial charge in [-0.3, -0.25) is 0 Å². The topological polar surface area (TPSA) is 34.1 Å². The maximum atomic E-state index is 6.04. The van der Waals surface area contributed by atoms with Crippen LogP contribution in [0.1, 0.15) is 18.4 Å². The van der Waals surface area contributed by atoms with E-state index < -0.39 is 0 Å². The Balaban J connectivity index is 0.00000200. The summed E-state index contributed by atoms with van der Waals surface area (Å²) in [5, 5.41) is 4.93. The van der Waals surface area contributed by atoms with E-state index in [0.717, 1.165) is 36.4 Å². The van der Waals surface area contributed by atoms with Gasteiger partial charge in [-0.25, -0.2) is 0 Å². The summed E-state index contributed by atoms with van der Waals surface area (Å²) in [5.41, 5.74) is 1.85. The summed E-state index contributed by atoms with van der Waals surface area (Å²) in [6, 6.07) is 5.60.